The molecule has 0 aromatic heterocycles. The Balaban J connectivity index is 0.00000122. The van der Waals surface area contributed by atoms with Crippen molar-refractivity contribution in [3.63, 3.8) is 0 Å². The van der Waals surface area contributed by atoms with Crippen molar-refractivity contribution < 1.29 is 9.84 Å². The molecule has 0 fully saturated rings. The van der Waals surface area contributed by atoms with Gasteiger partial charge in [-0.05, 0) is 37.1 Å². The maximum Gasteiger partial charge on any atom is 0.0814 e. The van der Waals surface area contributed by atoms with Gasteiger partial charge in [-0.2, -0.15) is 0 Å². The van der Waals surface area contributed by atoms with Crippen molar-refractivity contribution >= 4 is 11.4 Å². The van der Waals surface area contributed by atoms with Gasteiger partial charge in [0.1, 0.15) is 0 Å². The fourth-order valence-corrected chi connectivity index (χ4v) is 1.79. The topological polar surface area (TPSA) is 81.5 Å². The van der Waals surface area contributed by atoms with Crippen LogP contribution in [0.2, 0.25) is 0 Å². The Morgan fingerprint density at radius 2 is 2.00 bits per heavy atom. The number of aliphatic hydroxyl groups is 1. The molecular weight excluding hydrogens is 264 g/mol. The molecule has 1 aromatic carbocycles. The first kappa shape index (κ1) is 19.5. The molecule has 0 bridgehead atoms. The molecule has 0 aliphatic heterocycles. The molecule has 0 aliphatic rings. The predicted molar refractivity (Wildman–Crippen MR) is 91.2 cm³/mol. The van der Waals surface area contributed by atoms with E-state index in [1.54, 1.807) is 24.3 Å². The SMILES string of the molecule is C=CC.CCCCCOCC(O)Cc1cc(N)ccc1N. The number of nitrogen functional groups attached to an aromatic ring is 2. The summed E-state index contributed by atoms with van der Waals surface area (Å²) >= 11 is 0. The maximum atomic E-state index is 9.85. The molecule has 1 unspecified atom stereocenters. The van der Waals surface area contributed by atoms with Crippen molar-refractivity contribution in [2.45, 2.75) is 45.6 Å². The van der Waals surface area contributed by atoms with Crippen LogP contribution in [0, 0.1) is 0 Å². The molecule has 0 saturated heterocycles. The van der Waals surface area contributed by atoms with Crippen molar-refractivity contribution in [1.29, 1.82) is 0 Å². The highest BCUT2D eigenvalue weighted by Crippen LogP contribution is 2.17. The number of nitrogens with two attached hydrogens (primary N) is 2. The molecule has 1 rings (SSSR count). The molecule has 0 spiro atoms. The molecule has 0 saturated carbocycles. The third-order valence-corrected chi connectivity index (χ3v) is 2.83. The second-order valence-corrected chi connectivity index (χ2v) is 5.01. The molecule has 120 valence electrons. The van der Waals surface area contributed by atoms with Gasteiger partial charge in [0.15, 0.2) is 0 Å². The minimum atomic E-state index is -0.532. The molecule has 0 amide bonds. The molecule has 0 heterocycles. The van der Waals surface area contributed by atoms with Crippen LogP contribution in [0.15, 0.2) is 30.9 Å². The van der Waals surface area contributed by atoms with Gasteiger partial charge >= 0.3 is 0 Å². The van der Waals surface area contributed by atoms with E-state index in [0.717, 1.165) is 18.4 Å². The quantitative estimate of drug-likeness (QED) is 0.391. The zero-order valence-electron chi connectivity index (χ0n) is 13.3. The van der Waals surface area contributed by atoms with Crippen LogP contribution in [-0.4, -0.2) is 24.4 Å². The van der Waals surface area contributed by atoms with Gasteiger partial charge in [0.25, 0.3) is 0 Å². The van der Waals surface area contributed by atoms with E-state index >= 15 is 0 Å². The van der Waals surface area contributed by atoms with E-state index in [2.05, 4.69) is 13.5 Å². The summed E-state index contributed by atoms with van der Waals surface area (Å²) in [4.78, 5) is 0. The van der Waals surface area contributed by atoms with Crippen molar-refractivity contribution in [2.75, 3.05) is 24.7 Å². The van der Waals surface area contributed by atoms with E-state index < -0.39 is 6.10 Å². The summed E-state index contributed by atoms with van der Waals surface area (Å²) in [6.45, 7) is 8.45. The maximum absolute atomic E-state index is 9.85. The predicted octanol–water partition coefficient (Wildman–Crippen LogP) is 3.15. The van der Waals surface area contributed by atoms with Crippen LogP contribution < -0.4 is 11.5 Å². The molecular formula is C17H30N2O2. The van der Waals surface area contributed by atoms with E-state index in [9.17, 15) is 5.11 Å². The van der Waals surface area contributed by atoms with Gasteiger partial charge < -0.3 is 21.3 Å². The number of unbranched alkanes of at least 4 members (excludes halogenated alkanes) is 2. The van der Waals surface area contributed by atoms with Crippen LogP contribution in [0.5, 0.6) is 0 Å². The standard InChI is InChI=1S/C14H24N2O2.C3H6/c1-2-3-4-7-18-10-13(17)9-11-8-12(15)5-6-14(11)16;1-3-2/h5-6,8,13,17H,2-4,7,9-10,15-16H2,1H3;3H,1H2,2H3. The zero-order valence-corrected chi connectivity index (χ0v) is 13.3. The summed E-state index contributed by atoms with van der Waals surface area (Å²) in [6.07, 6.45) is 5.08. The summed E-state index contributed by atoms with van der Waals surface area (Å²) in [5, 5.41) is 9.85. The second-order valence-electron chi connectivity index (χ2n) is 5.01. The minimum Gasteiger partial charge on any atom is -0.399 e. The molecule has 4 nitrogen and oxygen atoms in total. The lowest BCUT2D eigenvalue weighted by atomic mass is 10.1. The minimum absolute atomic E-state index is 0.345. The lowest BCUT2D eigenvalue weighted by Gasteiger charge is -2.13. The fourth-order valence-electron chi connectivity index (χ4n) is 1.79. The Morgan fingerprint density at radius 3 is 2.62 bits per heavy atom. The summed E-state index contributed by atoms with van der Waals surface area (Å²) in [6, 6.07) is 5.32. The molecule has 1 aromatic rings. The van der Waals surface area contributed by atoms with Gasteiger partial charge in [0.05, 0.1) is 12.7 Å². The van der Waals surface area contributed by atoms with Gasteiger partial charge in [-0.1, -0.05) is 25.8 Å². The number of anilines is 2. The molecule has 4 heteroatoms. The average molecular weight is 294 g/mol. The van der Waals surface area contributed by atoms with Crippen molar-refractivity contribution in [3.05, 3.63) is 36.4 Å². The van der Waals surface area contributed by atoms with E-state index in [4.69, 9.17) is 16.2 Å². The molecule has 5 N–H and O–H groups in total. The number of allylic oxidation sites excluding steroid dienone is 1. The fraction of sp³-hybridized carbons (Fsp3) is 0.529. The zero-order chi connectivity index (χ0) is 16.1. The van der Waals surface area contributed by atoms with Crippen LogP contribution in [-0.2, 0) is 11.2 Å². The number of aliphatic hydroxyl groups excluding tert-OH is 1. The van der Waals surface area contributed by atoms with Gasteiger partial charge in [-0.3, -0.25) is 0 Å². The lowest BCUT2D eigenvalue weighted by molar-refractivity contribution is 0.0357. The highest BCUT2D eigenvalue weighted by molar-refractivity contribution is 5.55. The smallest absolute Gasteiger partial charge is 0.0814 e. The second kappa shape index (κ2) is 12.2. The van der Waals surface area contributed by atoms with Gasteiger partial charge in [-0.15, -0.1) is 6.58 Å². The number of ether oxygens (including phenoxy) is 1. The van der Waals surface area contributed by atoms with Crippen molar-refractivity contribution in [1.82, 2.24) is 0 Å². The molecule has 0 radical (unpaired) electrons. The van der Waals surface area contributed by atoms with E-state index in [-0.39, 0.29) is 0 Å². The third-order valence-electron chi connectivity index (χ3n) is 2.83. The third kappa shape index (κ3) is 9.93. The lowest BCUT2D eigenvalue weighted by Crippen LogP contribution is -2.19. The number of rotatable bonds is 8. The number of benzene rings is 1. The van der Waals surface area contributed by atoms with Gasteiger partial charge in [-0.25, -0.2) is 0 Å². The summed E-state index contributed by atoms with van der Waals surface area (Å²) in [5.41, 5.74) is 13.7. The first-order valence-electron chi connectivity index (χ1n) is 7.51. The Morgan fingerprint density at radius 1 is 1.33 bits per heavy atom. The number of hydrogen-bond acceptors (Lipinski definition) is 4. The van der Waals surface area contributed by atoms with Gasteiger partial charge in [0.2, 0.25) is 0 Å². The summed E-state index contributed by atoms with van der Waals surface area (Å²) in [5.74, 6) is 0. The highest BCUT2D eigenvalue weighted by atomic mass is 16.5. The van der Waals surface area contributed by atoms with Crippen LogP contribution >= 0.6 is 0 Å². The van der Waals surface area contributed by atoms with E-state index in [1.165, 1.54) is 6.42 Å². The first-order chi connectivity index (χ1) is 10.0. The van der Waals surface area contributed by atoms with Crippen molar-refractivity contribution in [2.24, 2.45) is 0 Å². The monoisotopic (exact) mass is 294 g/mol. The summed E-state index contributed by atoms with van der Waals surface area (Å²) < 4.78 is 5.42. The molecule has 1 atom stereocenters. The molecule has 21 heavy (non-hydrogen) atoms. The Bertz CT molecular complexity index is 394. The van der Waals surface area contributed by atoms with Crippen molar-refractivity contribution in [3.8, 4) is 0 Å². The molecule has 0 aliphatic carbocycles. The largest absolute Gasteiger partial charge is 0.399 e. The van der Waals surface area contributed by atoms with Crippen LogP contribution in [0.3, 0.4) is 0 Å². The van der Waals surface area contributed by atoms with Crippen LogP contribution in [0.25, 0.3) is 0 Å². The van der Waals surface area contributed by atoms with Crippen LogP contribution in [0.4, 0.5) is 11.4 Å². The Labute approximate surface area is 128 Å². The Hall–Kier alpha value is -1.52. The van der Waals surface area contributed by atoms with E-state index in [1.807, 2.05) is 6.92 Å². The summed E-state index contributed by atoms with van der Waals surface area (Å²) in [7, 11) is 0. The van der Waals surface area contributed by atoms with E-state index in [0.29, 0.717) is 31.0 Å². The Kier molecular flexibility index (Phi) is 11.4. The average Bonchev–Trinajstić information content (AvgIpc) is 2.43. The normalized spacial score (nSPS) is 11.4. The highest BCUT2D eigenvalue weighted by Gasteiger charge is 2.08. The first-order valence-corrected chi connectivity index (χ1v) is 7.51. The number of hydrogen-bond donors (Lipinski definition) is 3. The van der Waals surface area contributed by atoms with Crippen LogP contribution in [0.1, 0.15) is 38.7 Å². The van der Waals surface area contributed by atoms with Gasteiger partial charge in [0, 0.05) is 24.4 Å².